The lowest BCUT2D eigenvalue weighted by Crippen LogP contribution is -2.41. The molecule has 3 nitrogen and oxygen atoms in total. The molecule has 100 valence electrons. The second kappa shape index (κ2) is 5.61. The van der Waals surface area contributed by atoms with Gasteiger partial charge in [-0.3, -0.25) is 4.79 Å². The van der Waals surface area contributed by atoms with Crippen LogP contribution in [0.15, 0.2) is 41.4 Å². The lowest BCUT2D eigenvalue weighted by Gasteiger charge is -2.20. The summed E-state index contributed by atoms with van der Waals surface area (Å²) in [4.78, 5) is 16.3. The lowest BCUT2D eigenvalue weighted by atomic mass is 10.1. The first-order valence-electron chi connectivity index (χ1n) is 6.24. The quantitative estimate of drug-likeness (QED) is 0.874. The minimum atomic E-state index is -0.186. The van der Waals surface area contributed by atoms with E-state index < -0.39 is 0 Å². The summed E-state index contributed by atoms with van der Waals surface area (Å²) < 4.78 is 0. The molecule has 2 rings (SSSR count). The normalized spacial score (nSPS) is 11.5. The van der Waals surface area contributed by atoms with Gasteiger partial charge in [0.2, 0.25) is 5.91 Å². The fraction of sp³-hybridized carbons (Fsp3) is 0.333. The molecule has 1 N–H and O–H groups in total. The van der Waals surface area contributed by atoms with E-state index in [1.165, 1.54) is 11.8 Å². The maximum absolute atomic E-state index is 11.7. The third-order valence-corrected chi connectivity index (χ3v) is 3.37. The first-order valence-corrected chi connectivity index (χ1v) is 7.22. The molecular formula is C15H18N2OS. The number of aromatic nitrogens is 1. The van der Waals surface area contributed by atoms with Crippen LogP contribution in [0.5, 0.6) is 0 Å². The SMILES string of the molecule is CC(C)(C)NC(=O)CSc1ccc2ccccc2n1. The zero-order valence-electron chi connectivity index (χ0n) is 11.4. The molecular weight excluding hydrogens is 256 g/mol. The van der Waals surface area contributed by atoms with Gasteiger partial charge in [-0.2, -0.15) is 0 Å². The number of carbonyl (C=O) groups excluding carboxylic acids is 1. The van der Waals surface area contributed by atoms with Crippen LogP contribution < -0.4 is 5.32 Å². The van der Waals surface area contributed by atoms with Crippen LogP contribution in [-0.4, -0.2) is 22.2 Å². The molecule has 0 radical (unpaired) electrons. The van der Waals surface area contributed by atoms with Gasteiger partial charge in [-0.15, -0.1) is 0 Å². The molecule has 1 amide bonds. The number of nitrogens with one attached hydrogen (secondary N) is 1. The van der Waals surface area contributed by atoms with Crippen molar-refractivity contribution in [3.05, 3.63) is 36.4 Å². The summed E-state index contributed by atoms with van der Waals surface area (Å²) in [6.07, 6.45) is 0. The van der Waals surface area contributed by atoms with Gasteiger partial charge >= 0.3 is 0 Å². The van der Waals surface area contributed by atoms with Crippen LogP contribution in [0.1, 0.15) is 20.8 Å². The van der Waals surface area contributed by atoms with E-state index in [4.69, 9.17) is 0 Å². The maximum atomic E-state index is 11.7. The molecule has 0 aliphatic rings. The third kappa shape index (κ3) is 4.24. The van der Waals surface area contributed by atoms with Crippen molar-refractivity contribution in [3.63, 3.8) is 0 Å². The summed E-state index contributed by atoms with van der Waals surface area (Å²) >= 11 is 1.46. The number of para-hydroxylation sites is 1. The Balaban J connectivity index is 2.00. The van der Waals surface area contributed by atoms with Gasteiger partial charge in [-0.1, -0.05) is 36.0 Å². The predicted octanol–water partition coefficient (Wildman–Crippen LogP) is 3.24. The molecule has 0 aliphatic heterocycles. The van der Waals surface area contributed by atoms with Gasteiger partial charge in [0.1, 0.15) is 0 Å². The smallest absolute Gasteiger partial charge is 0.230 e. The Labute approximate surface area is 117 Å². The van der Waals surface area contributed by atoms with E-state index in [2.05, 4.69) is 10.3 Å². The highest BCUT2D eigenvalue weighted by Crippen LogP contribution is 2.19. The highest BCUT2D eigenvalue weighted by atomic mass is 32.2. The average Bonchev–Trinajstić information content (AvgIpc) is 2.34. The molecule has 2 aromatic rings. The van der Waals surface area contributed by atoms with Gasteiger partial charge in [-0.05, 0) is 32.9 Å². The van der Waals surface area contributed by atoms with E-state index in [0.717, 1.165) is 15.9 Å². The van der Waals surface area contributed by atoms with Crippen molar-refractivity contribution in [1.82, 2.24) is 10.3 Å². The van der Waals surface area contributed by atoms with Crippen molar-refractivity contribution < 1.29 is 4.79 Å². The molecule has 0 spiro atoms. The van der Waals surface area contributed by atoms with Gasteiger partial charge in [-0.25, -0.2) is 4.98 Å². The molecule has 0 fully saturated rings. The molecule has 0 aliphatic carbocycles. The van der Waals surface area contributed by atoms with Crippen LogP contribution in [0.2, 0.25) is 0 Å². The summed E-state index contributed by atoms with van der Waals surface area (Å²) in [6, 6.07) is 12.0. The van der Waals surface area contributed by atoms with Gasteiger partial charge in [0.15, 0.2) is 0 Å². The zero-order chi connectivity index (χ0) is 13.9. The fourth-order valence-corrected chi connectivity index (χ4v) is 2.40. The van der Waals surface area contributed by atoms with E-state index >= 15 is 0 Å². The minimum Gasteiger partial charge on any atom is -0.351 e. The fourth-order valence-electron chi connectivity index (χ4n) is 1.72. The van der Waals surface area contributed by atoms with Crippen molar-refractivity contribution in [2.24, 2.45) is 0 Å². The summed E-state index contributed by atoms with van der Waals surface area (Å²) in [5, 5.41) is 4.93. The topological polar surface area (TPSA) is 42.0 Å². The third-order valence-electron chi connectivity index (χ3n) is 2.44. The Morgan fingerprint density at radius 2 is 1.95 bits per heavy atom. The molecule has 19 heavy (non-hydrogen) atoms. The number of benzene rings is 1. The van der Waals surface area contributed by atoms with Crippen LogP contribution in [0, 0.1) is 0 Å². The first kappa shape index (κ1) is 13.9. The Morgan fingerprint density at radius 1 is 1.21 bits per heavy atom. The molecule has 0 unspecified atom stereocenters. The maximum Gasteiger partial charge on any atom is 0.230 e. The molecule has 4 heteroatoms. The van der Waals surface area contributed by atoms with Crippen molar-refractivity contribution >= 4 is 28.6 Å². The number of hydrogen-bond acceptors (Lipinski definition) is 3. The summed E-state index contributed by atoms with van der Waals surface area (Å²) in [6.45, 7) is 5.93. The molecule has 1 heterocycles. The van der Waals surface area contributed by atoms with Crippen LogP contribution in [0.3, 0.4) is 0 Å². The number of thioether (sulfide) groups is 1. The van der Waals surface area contributed by atoms with Crippen molar-refractivity contribution in [1.29, 1.82) is 0 Å². The second-order valence-electron chi connectivity index (χ2n) is 5.43. The lowest BCUT2D eigenvalue weighted by molar-refractivity contribution is -0.119. The largest absolute Gasteiger partial charge is 0.351 e. The van der Waals surface area contributed by atoms with Crippen LogP contribution >= 0.6 is 11.8 Å². The summed E-state index contributed by atoms with van der Waals surface area (Å²) in [5.41, 5.74) is 0.776. The van der Waals surface area contributed by atoms with Gasteiger partial charge < -0.3 is 5.32 Å². The van der Waals surface area contributed by atoms with Gasteiger partial charge in [0, 0.05) is 10.9 Å². The monoisotopic (exact) mass is 274 g/mol. The van der Waals surface area contributed by atoms with E-state index in [1.807, 2.05) is 57.2 Å². The van der Waals surface area contributed by atoms with Gasteiger partial charge in [0.25, 0.3) is 0 Å². The number of hydrogen-bond donors (Lipinski definition) is 1. The Hall–Kier alpha value is -1.55. The number of fused-ring (bicyclic) bond motifs is 1. The Morgan fingerprint density at radius 3 is 2.68 bits per heavy atom. The molecule has 1 aromatic carbocycles. The highest BCUT2D eigenvalue weighted by Gasteiger charge is 2.13. The first-order chi connectivity index (χ1) is 8.94. The number of nitrogens with zero attached hydrogens (tertiary/aromatic N) is 1. The molecule has 0 saturated heterocycles. The Kier molecular flexibility index (Phi) is 4.10. The zero-order valence-corrected chi connectivity index (χ0v) is 12.3. The predicted molar refractivity (Wildman–Crippen MR) is 80.4 cm³/mol. The number of amides is 1. The molecule has 1 aromatic heterocycles. The van der Waals surface area contributed by atoms with Crippen molar-refractivity contribution in [3.8, 4) is 0 Å². The number of carbonyl (C=O) groups is 1. The molecule has 0 bridgehead atoms. The molecule has 0 atom stereocenters. The van der Waals surface area contributed by atoms with E-state index in [0.29, 0.717) is 5.75 Å². The minimum absolute atomic E-state index is 0.0347. The van der Waals surface area contributed by atoms with E-state index in [-0.39, 0.29) is 11.4 Å². The van der Waals surface area contributed by atoms with Crippen LogP contribution in [0.25, 0.3) is 10.9 Å². The standard InChI is InChI=1S/C15H18N2OS/c1-15(2,3)17-13(18)10-19-14-9-8-11-6-4-5-7-12(11)16-14/h4-9H,10H2,1-3H3,(H,17,18). The molecule has 0 saturated carbocycles. The number of rotatable bonds is 3. The van der Waals surface area contributed by atoms with Crippen molar-refractivity contribution in [2.75, 3.05) is 5.75 Å². The summed E-state index contributed by atoms with van der Waals surface area (Å²) in [7, 11) is 0. The van der Waals surface area contributed by atoms with E-state index in [9.17, 15) is 4.79 Å². The van der Waals surface area contributed by atoms with Gasteiger partial charge in [0.05, 0.1) is 16.3 Å². The second-order valence-corrected chi connectivity index (χ2v) is 6.42. The van der Waals surface area contributed by atoms with E-state index in [1.54, 1.807) is 0 Å². The average molecular weight is 274 g/mol. The Bertz CT molecular complexity index is 590. The van der Waals surface area contributed by atoms with Crippen LogP contribution in [-0.2, 0) is 4.79 Å². The van der Waals surface area contributed by atoms with Crippen LogP contribution in [0.4, 0.5) is 0 Å². The van der Waals surface area contributed by atoms with Crippen molar-refractivity contribution in [2.45, 2.75) is 31.3 Å². The number of pyridine rings is 1. The highest BCUT2D eigenvalue weighted by molar-refractivity contribution is 7.99. The summed E-state index contributed by atoms with van der Waals surface area (Å²) in [5.74, 6) is 0.426.